The number of aromatic nitrogens is 2. The van der Waals surface area contributed by atoms with Gasteiger partial charge in [-0.15, -0.1) is 11.3 Å². The predicted octanol–water partition coefficient (Wildman–Crippen LogP) is 3.03. The van der Waals surface area contributed by atoms with E-state index in [0.717, 1.165) is 23.6 Å². The van der Waals surface area contributed by atoms with Crippen molar-refractivity contribution in [1.29, 1.82) is 0 Å². The van der Waals surface area contributed by atoms with E-state index in [1.165, 1.54) is 0 Å². The van der Waals surface area contributed by atoms with Crippen LogP contribution in [0.25, 0.3) is 0 Å². The molecule has 1 fully saturated rings. The predicted molar refractivity (Wildman–Crippen MR) is 89.8 cm³/mol. The van der Waals surface area contributed by atoms with Crippen molar-refractivity contribution < 1.29 is 9.53 Å². The Bertz CT molecular complexity index is 657. The standard InChI is InChI=1S/C17H21N3O2S/c1-12(2)8-16-19-15(11-23-16)17(21)20-7-5-14(10-20)22-13-4-3-6-18-9-13/h3-4,6,9,11-12,14H,5,7-8,10H2,1-2H3. The number of thiazole rings is 1. The third-order valence-corrected chi connectivity index (χ3v) is 4.59. The zero-order valence-electron chi connectivity index (χ0n) is 13.4. The summed E-state index contributed by atoms with van der Waals surface area (Å²) < 4.78 is 5.88. The van der Waals surface area contributed by atoms with Crippen molar-refractivity contribution >= 4 is 17.2 Å². The number of hydrogen-bond acceptors (Lipinski definition) is 5. The van der Waals surface area contributed by atoms with Crippen LogP contribution in [0.5, 0.6) is 5.75 Å². The first-order chi connectivity index (χ1) is 11.1. The number of rotatable bonds is 5. The topological polar surface area (TPSA) is 55.3 Å². The third-order valence-electron chi connectivity index (χ3n) is 3.72. The molecule has 1 amide bonds. The molecular formula is C17H21N3O2S. The van der Waals surface area contributed by atoms with Gasteiger partial charge in [-0.2, -0.15) is 0 Å². The maximum atomic E-state index is 12.5. The zero-order valence-corrected chi connectivity index (χ0v) is 14.3. The highest BCUT2D eigenvalue weighted by Gasteiger charge is 2.29. The van der Waals surface area contributed by atoms with Crippen molar-refractivity contribution in [1.82, 2.24) is 14.9 Å². The second-order valence-electron chi connectivity index (χ2n) is 6.19. The van der Waals surface area contributed by atoms with Crippen molar-refractivity contribution in [3.05, 3.63) is 40.6 Å². The molecule has 6 heteroatoms. The van der Waals surface area contributed by atoms with Gasteiger partial charge in [0.15, 0.2) is 0 Å². The summed E-state index contributed by atoms with van der Waals surface area (Å²) in [5.74, 6) is 1.31. The van der Waals surface area contributed by atoms with Crippen LogP contribution in [-0.2, 0) is 6.42 Å². The van der Waals surface area contributed by atoms with E-state index in [-0.39, 0.29) is 12.0 Å². The van der Waals surface area contributed by atoms with Gasteiger partial charge in [-0.25, -0.2) is 4.98 Å². The summed E-state index contributed by atoms with van der Waals surface area (Å²) in [6.45, 7) is 5.62. The summed E-state index contributed by atoms with van der Waals surface area (Å²) in [4.78, 5) is 22.9. The maximum Gasteiger partial charge on any atom is 0.273 e. The van der Waals surface area contributed by atoms with Gasteiger partial charge in [-0.3, -0.25) is 9.78 Å². The summed E-state index contributed by atoms with van der Waals surface area (Å²) in [5.41, 5.74) is 0.563. The molecule has 1 atom stereocenters. The van der Waals surface area contributed by atoms with Crippen molar-refractivity contribution in [2.24, 2.45) is 5.92 Å². The minimum absolute atomic E-state index is 0.00791. The van der Waals surface area contributed by atoms with Crippen LogP contribution in [0.15, 0.2) is 29.9 Å². The Morgan fingerprint density at radius 2 is 2.39 bits per heavy atom. The lowest BCUT2D eigenvalue weighted by Gasteiger charge is -2.16. The van der Waals surface area contributed by atoms with Crippen molar-refractivity contribution in [3.8, 4) is 5.75 Å². The van der Waals surface area contributed by atoms with Gasteiger partial charge in [0.1, 0.15) is 17.5 Å². The minimum atomic E-state index is 0.00791. The maximum absolute atomic E-state index is 12.5. The van der Waals surface area contributed by atoms with Crippen LogP contribution in [-0.4, -0.2) is 40.0 Å². The largest absolute Gasteiger partial charge is 0.487 e. The molecule has 3 rings (SSSR count). The average Bonchev–Trinajstić information content (AvgIpc) is 3.17. The number of nitrogens with zero attached hydrogens (tertiary/aromatic N) is 3. The second kappa shape index (κ2) is 7.08. The van der Waals surface area contributed by atoms with E-state index < -0.39 is 0 Å². The van der Waals surface area contributed by atoms with Crippen LogP contribution in [0.3, 0.4) is 0 Å². The number of amides is 1. The fourth-order valence-electron chi connectivity index (χ4n) is 2.63. The van der Waals surface area contributed by atoms with Crippen LogP contribution >= 0.6 is 11.3 Å². The number of hydrogen-bond donors (Lipinski definition) is 0. The zero-order chi connectivity index (χ0) is 16.2. The molecule has 23 heavy (non-hydrogen) atoms. The first-order valence-electron chi connectivity index (χ1n) is 7.92. The van der Waals surface area contributed by atoms with E-state index in [1.807, 2.05) is 22.4 Å². The molecule has 0 bridgehead atoms. The number of pyridine rings is 1. The molecule has 2 aromatic heterocycles. The van der Waals surface area contributed by atoms with Crippen LogP contribution in [0.4, 0.5) is 0 Å². The molecule has 1 aliphatic heterocycles. The average molecular weight is 331 g/mol. The van der Waals surface area contributed by atoms with Crippen LogP contribution < -0.4 is 4.74 Å². The normalized spacial score (nSPS) is 17.7. The molecule has 0 radical (unpaired) electrons. The van der Waals surface area contributed by atoms with Crippen LogP contribution in [0.2, 0.25) is 0 Å². The molecule has 1 aliphatic rings. The van der Waals surface area contributed by atoms with E-state index >= 15 is 0 Å². The first-order valence-corrected chi connectivity index (χ1v) is 8.80. The van der Waals surface area contributed by atoms with Crippen molar-refractivity contribution in [3.63, 3.8) is 0 Å². The molecule has 0 saturated carbocycles. The van der Waals surface area contributed by atoms with E-state index in [9.17, 15) is 4.79 Å². The Morgan fingerprint density at radius 1 is 1.52 bits per heavy atom. The van der Waals surface area contributed by atoms with E-state index in [2.05, 4.69) is 23.8 Å². The van der Waals surface area contributed by atoms with Gasteiger partial charge < -0.3 is 9.64 Å². The molecule has 2 aromatic rings. The van der Waals surface area contributed by atoms with Crippen molar-refractivity contribution in [2.45, 2.75) is 32.8 Å². The monoisotopic (exact) mass is 331 g/mol. The van der Waals surface area contributed by atoms with Crippen LogP contribution in [0.1, 0.15) is 35.8 Å². The minimum Gasteiger partial charge on any atom is -0.487 e. The lowest BCUT2D eigenvalue weighted by molar-refractivity contribution is 0.0767. The Labute approximate surface area is 140 Å². The molecule has 3 heterocycles. The van der Waals surface area contributed by atoms with Gasteiger partial charge in [0.2, 0.25) is 0 Å². The fraction of sp³-hybridized carbons (Fsp3) is 0.471. The molecule has 1 unspecified atom stereocenters. The number of carbonyl (C=O) groups is 1. The van der Waals surface area contributed by atoms with E-state index in [1.54, 1.807) is 23.7 Å². The highest BCUT2D eigenvalue weighted by atomic mass is 32.1. The summed E-state index contributed by atoms with van der Waals surface area (Å²) in [7, 11) is 0. The Morgan fingerprint density at radius 3 is 3.13 bits per heavy atom. The number of carbonyl (C=O) groups excluding carboxylic acids is 1. The van der Waals surface area contributed by atoms with Crippen LogP contribution in [0, 0.1) is 5.92 Å². The van der Waals surface area contributed by atoms with E-state index in [4.69, 9.17) is 4.74 Å². The van der Waals surface area contributed by atoms with Gasteiger partial charge in [-0.05, 0) is 18.1 Å². The molecule has 0 aromatic carbocycles. The fourth-order valence-corrected chi connectivity index (χ4v) is 3.61. The molecule has 122 valence electrons. The summed E-state index contributed by atoms with van der Waals surface area (Å²) in [6, 6.07) is 3.73. The van der Waals surface area contributed by atoms with Gasteiger partial charge in [0.25, 0.3) is 5.91 Å². The quantitative estimate of drug-likeness (QED) is 0.845. The Hall–Kier alpha value is -1.95. The number of likely N-dealkylation sites (tertiary alicyclic amines) is 1. The SMILES string of the molecule is CC(C)Cc1nc(C(=O)N2CCC(Oc3cccnc3)C2)cs1. The van der Waals surface area contributed by atoms with Gasteiger partial charge >= 0.3 is 0 Å². The smallest absolute Gasteiger partial charge is 0.273 e. The molecule has 1 saturated heterocycles. The van der Waals surface area contributed by atoms with Gasteiger partial charge in [0.05, 0.1) is 17.7 Å². The molecule has 5 nitrogen and oxygen atoms in total. The van der Waals surface area contributed by atoms with Gasteiger partial charge in [0, 0.05) is 31.0 Å². The molecule has 0 spiro atoms. The summed E-state index contributed by atoms with van der Waals surface area (Å²) in [6.07, 6.45) is 5.20. The van der Waals surface area contributed by atoms with Crippen molar-refractivity contribution in [2.75, 3.05) is 13.1 Å². The molecular weight excluding hydrogens is 310 g/mol. The molecule has 0 N–H and O–H groups in total. The second-order valence-corrected chi connectivity index (χ2v) is 7.14. The highest BCUT2D eigenvalue weighted by Crippen LogP contribution is 2.21. The number of ether oxygens (including phenoxy) is 1. The van der Waals surface area contributed by atoms with Gasteiger partial charge in [-0.1, -0.05) is 13.8 Å². The summed E-state index contributed by atoms with van der Waals surface area (Å²) >= 11 is 1.57. The lowest BCUT2D eigenvalue weighted by Crippen LogP contribution is -2.31. The Balaban J connectivity index is 1.58. The lowest BCUT2D eigenvalue weighted by atomic mass is 10.1. The highest BCUT2D eigenvalue weighted by molar-refractivity contribution is 7.09. The third kappa shape index (κ3) is 4.07. The molecule has 0 aliphatic carbocycles. The summed E-state index contributed by atoms with van der Waals surface area (Å²) in [5, 5.41) is 2.90. The van der Waals surface area contributed by atoms with E-state index in [0.29, 0.717) is 24.7 Å². The Kier molecular flexibility index (Phi) is 4.91. The first kappa shape index (κ1) is 15.9.